The Morgan fingerprint density at radius 2 is 2.06 bits per heavy atom. The van der Waals surface area contributed by atoms with Crippen LogP contribution in [0.25, 0.3) is 5.69 Å². The minimum Gasteiger partial charge on any atom is -0.382 e. The van der Waals surface area contributed by atoms with E-state index in [1.165, 1.54) is 11.8 Å². The second kappa shape index (κ2) is 4.07. The first kappa shape index (κ1) is 10.2. The number of nitrogen functional groups attached to an aromatic ring is 1. The fraction of sp³-hybridized carbons (Fsp3) is 0.167. The van der Waals surface area contributed by atoms with Crippen LogP contribution in [0.15, 0.2) is 30.5 Å². The molecule has 0 amide bonds. The lowest BCUT2D eigenvalue weighted by atomic mass is 10.1. The van der Waals surface area contributed by atoms with Crippen LogP contribution in [-0.2, 0) is 6.42 Å². The van der Waals surface area contributed by atoms with Crippen LogP contribution in [0.2, 0.25) is 0 Å². The maximum atomic E-state index is 8.78. The molecule has 80 valence electrons. The average Bonchev–Trinajstić information content (AvgIpc) is 2.70. The second-order valence-corrected chi connectivity index (χ2v) is 3.49. The molecule has 1 aromatic heterocycles. The molecule has 0 saturated heterocycles. The Bertz CT molecular complexity index is 531. The van der Waals surface area contributed by atoms with Crippen LogP contribution in [0.1, 0.15) is 18.1 Å². The predicted octanol–water partition coefficient (Wildman–Crippen LogP) is 1.89. The van der Waals surface area contributed by atoms with E-state index in [4.69, 9.17) is 11.0 Å². The van der Waals surface area contributed by atoms with Crippen molar-refractivity contribution in [3.8, 4) is 11.8 Å². The molecule has 2 rings (SSSR count). The fourth-order valence-corrected chi connectivity index (χ4v) is 1.52. The van der Waals surface area contributed by atoms with Gasteiger partial charge in [-0.1, -0.05) is 19.1 Å². The molecule has 4 nitrogen and oxygen atoms in total. The molecule has 1 heterocycles. The van der Waals surface area contributed by atoms with Crippen molar-refractivity contribution in [2.24, 2.45) is 0 Å². The van der Waals surface area contributed by atoms with Gasteiger partial charge < -0.3 is 5.73 Å². The molecule has 0 bridgehead atoms. The molecule has 0 unspecified atom stereocenters. The van der Waals surface area contributed by atoms with E-state index < -0.39 is 0 Å². The molecular formula is C12H12N4. The van der Waals surface area contributed by atoms with Gasteiger partial charge in [-0.15, -0.1) is 0 Å². The van der Waals surface area contributed by atoms with E-state index in [0.29, 0.717) is 11.4 Å². The lowest BCUT2D eigenvalue weighted by Gasteiger charge is -2.04. The summed E-state index contributed by atoms with van der Waals surface area (Å²) in [6.45, 7) is 2.10. The summed E-state index contributed by atoms with van der Waals surface area (Å²) in [5, 5.41) is 12.9. The standard InChI is InChI=1S/C12H12N4/c1-2-9-3-5-11(6-4-9)16-12(14)10(7-13)8-15-16/h3-6,8H,2,14H2,1H3. The van der Waals surface area contributed by atoms with Crippen LogP contribution in [0.3, 0.4) is 0 Å². The van der Waals surface area contributed by atoms with Gasteiger partial charge in [0, 0.05) is 0 Å². The zero-order chi connectivity index (χ0) is 11.5. The lowest BCUT2D eigenvalue weighted by Crippen LogP contribution is -2.02. The van der Waals surface area contributed by atoms with Crippen LogP contribution < -0.4 is 5.73 Å². The maximum Gasteiger partial charge on any atom is 0.145 e. The van der Waals surface area contributed by atoms with Gasteiger partial charge >= 0.3 is 0 Å². The van der Waals surface area contributed by atoms with Crippen molar-refractivity contribution in [3.05, 3.63) is 41.6 Å². The topological polar surface area (TPSA) is 67.6 Å². The number of aryl methyl sites for hydroxylation is 1. The number of anilines is 1. The zero-order valence-electron chi connectivity index (χ0n) is 9.01. The highest BCUT2D eigenvalue weighted by molar-refractivity contribution is 5.52. The molecule has 4 heteroatoms. The monoisotopic (exact) mass is 212 g/mol. The molecule has 0 fully saturated rings. The third-order valence-corrected chi connectivity index (χ3v) is 2.52. The normalized spacial score (nSPS) is 10.0. The highest BCUT2D eigenvalue weighted by atomic mass is 15.3. The third-order valence-electron chi connectivity index (χ3n) is 2.52. The first-order chi connectivity index (χ1) is 7.76. The fourth-order valence-electron chi connectivity index (χ4n) is 1.52. The quantitative estimate of drug-likeness (QED) is 0.826. The first-order valence-electron chi connectivity index (χ1n) is 5.09. The van der Waals surface area contributed by atoms with Crippen LogP contribution in [0, 0.1) is 11.3 Å². The smallest absolute Gasteiger partial charge is 0.145 e. The molecule has 2 aromatic rings. The average molecular weight is 212 g/mol. The summed E-state index contributed by atoms with van der Waals surface area (Å²) in [6.07, 6.45) is 2.47. The zero-order valence-corrected chi connectivity index (χ0v) is 9.01. The molecule has 0 saturated carbocycles. The highest BCUT2D eigenvalue weighted by Gasteiger charge is 2.07. The number of nitrogens with zero attached hydrogens (tertiary/aromatic N) is 3. The SMILES string of the molecule is CCc1ccc(-n2ncc(C#N)c2N)cc1. The van der Waals surface area contributed by atoms with E-state index in [2.05, 4.69) is 12.0 Å². The van der Waals surface area contributed by atoms with Gasteiger partial charge in [0.1, 0.15) is 17.5 Å². The summed E-state index contributed by atoms with van der Waals surface area (Å²) in [4.78, 5) is 0. The minimum absolute atomic E-state index is 0.381. The van der Waals surface area contributed by atoms with Gasteiger partial charge in [-0.05, 0) is 24.1 Å². The number of hydrogen-bond donors (Lipinski definition) is 1. The van der Waals surface area contributed by atoms with E-state index in [-0.39, 0.29) is 0 Å². The second-order valence-electron chi connectivity index (χ2n) is 3.49. The summed E-state index contributed by atoms with van der Waals surface area (Å²) in [5.41, 5.74) is 8.33. The maximum absolute atomic E-state index is 8.78. The van der Waals surface area contributed by atoms with Crippen LogP contribution in [0.4, 0.5) is 5.82 Å². The molecule has 0 atom stereocenters. The number of benzene rings is 1. The summed E-state index contributed by atoms with van der Waals surface area (Å²) in [6, 6.07) is 9.96. The van der Waals surface area contributed by atoms with Gasteiger partial charge in [0.2, 0.25) is 0 Å². The summed E-state index contributed by atoms with van der Waals surface area (Å²) < 4.78 is 1.57. The lowest BCUT2D eigenvalue weighted by molar-refractivity contribution is 0.889. The largest absolute Gasteiger partial charge is 0.382 e. The Morgan fingerprint density at radius 1 is 1.38 bits per heavy atom. The molecule has 0 aliphatic rings. The van der Waals surface area contributed by atoms with Crippen molar-refractivity contribution in [2.75, 3.05) is 5.73 Å². The van der Waals surface area contributed by atoms with E-state index in [9.17, 15) is 0 Å². The molecule has 0 radical (unpaired) electrons. The minimum atomic E-state index is 0.381. The molecule has 0 spiro atoms. The Labute approximate surface area is 93.9 Å². The molecule has 0 aliphatic heterocycles. The van der Waals surface area contributed by atoms with Crippen LogP contribution in [-0.4, -0.2) is 9.78 Å². The van der Waals surface area contributed by atoms with Gasteiger partial charge in [-0.3, -0.25) is 0 Å². The number of rotatable bonds is 2. The van der Waals surface area contributed by atoms with Crippen molar-refractivity contribution in [2.45, 2.75) is 13.3 Å². The third kappa shape index (κ3) is 1.63. The van der Waals surface area contributed by atoms with E-state index in [0.717, 1.165) is 12.1 Å². The number of nitrogens with two attached hydrogens (primary N) is 1. The van der Waals surface area contributed by atoms with Crippen molar-refractivity contribution in [1.82, 2.24) is 9.78 Å². The van der Waals surface area contributed by atoms with Crippen molar-refractivity contribution in [3.63, 3.8) is 0 Å². The van der Waals surface area contributed by atoms with E-state index in [1.807, 2.05) is 30.3 Å². The van der Waals surface area contributed by atoms with Gasteiger partial charge in [-0.2, -0.15) is 10.4 Å². The van der Waals surface area contributed by atoms with E-state index in [1.54, 1.807) is 4.68 Å². The molecular weight excluding hydrogens is 200 g/mol. The van der Waals surface area contributed by atoms with Crippen LogP contribution >= 0.6 is 0 Å². The molecule has 0 aliphatic carbocycles. The number of nitriles is 1. The highest BCUT2D eigenvalue weighted by Crippen LogP contribution is 2.16. The van der Waals surface area contributed by atoms with Gasteiger partial charge in [0.25, 0.3) is 0 Å². The summed E-state index contributed by atoms with van der Waals surface area (Å²) in [7, 11) is 0. The van der Waals surface area contributed by atoms with Crippen molar-refractivity contribution < 1.29 is 0 Å². The summed E-state index contributed by atoms with van der Waals surface area (Å²) in [5.74, 6) is 0.381. The Hall–Kier alpha value is -2.28. The van der Waals surface area contributed by atoms with Gasteiger partial charge in [0.05, 0.1) is 11.9 Å². The van der Waals surface area contributed by atoms with E-state index >= 15 is 0 Å². The van der Waals surface area contributed by atoms with Crippen molar-refractivity contribution >= 4 is 5.82 Å². The number of hydrogen-bond acceptors (Lipinski definition) is 3. The van der Waals surface area contributed by atoms with Gasteiger partial charge in [0.15, 0.2) is 0 Å². The Morgan fingerprint density at radius 3 is 2.56 bits per heavy atom. The predicted molar refractivity (Wildman–Crippen MR) is 62.1 cm³/mol. The van der Waals surface area contributed by atoms with Crippen LogP contribution in [0.5, 0.6) is 0 Å². The Kier molecular flexibility index (Phi) is 2.61. The van der Waals surface area contributed by atoms with Gasteiger partial charge in [-0.25, -0.2) is 4.68 Å². The number of aromatic nitrogens is 2. The summed E-state index contributed by atoms with van der Waals surface area (Å²) >= 11 is 0. The first-order valence-corrected chi connectivity index (χ1v) is 5.09. The molecule has 16 heavy (non-hydrogen) atoms. The Balaban J connectivity index is 2.43. The molecule has 1 aromatic carbocycles. The molecule has 2 N–H and O–H groups in total. The van der Waals surface area contributed by atoms with Crippen molar-refractivity contribution in [1.29, 1.82) is 5.26 Å².